The predicted molar refractivity (Wildman–Crippen MR) is 100 cm³/mol. The van der Waals surface area contributed by atoms with Gasteiger partial charge in [0.1, 0.15) is 12.1 Å². The predicted octanol–water partition coefficient (Wildman–Crippen LogP) is 1.73. The number of hydrogen-bond donors (Lipinski definition) is 0. The molecule has 6 heteroatoms. The van der Waals surface area contributed by atoms with Gasteiger partial charge in [0.2, 0.25) is 5.91 Å². The molecular formula is C20H29N5O. The highest BCUT2D eigenvalue weighted by Gasteiger charge is 2.40. The van der Waals surface area contributed by atoms with Crippen molar-refractivity contribution >= 4 is 11.7 Å². The van der Waals surface area contributed by atoms with Gasteiger partial charge in [0, 0.05) is 69.9 Å². The van der Waals surface area contributed by atoms with Gasteiger partial charge in [-0.2, -0.15) is 0 Å². The smallest absolute Gasteiger partial charge is 0.222 e. The number of fused-ring (bicyclic) bond motifs is 1. The lowest BCUT2D eigenvalue weighted by molar-refractivity contribution is -0.127. The Hall–Kier alpha value is -1.69. The van der Waals surface area contributed by atoms with Gasteiger partial charge in [0.15, 0.2) is 0 Å². The maximum atomic E-state index is 11.8. The number of hydrogen-bond acceptors (Lipinski definition) is 5. The summed E-state index contributed by atoms with van der Waals surface area (Å²) in [4.78, 5) is 27.9. The zero-order chi connectivity index (χ0) is 17.5. The number of likely N-dealkylation sites (tertiary alicyclic amines) is 2. The first-order valence-corrected chi connectivity index (χ1v) is 10.3. The summed E-state index contributed by atoms with van der Waals surface area (Å²) in [6.45, 7) is 7.49. The highest BCUT2D eigenvalue weighted by atomic mass is 16.2. The van der Waals surface area contributed by atoms with Crippen LogP contribution in [0, 0.1) is 11.8 Å². The van der Waals surface area contributed by atoms with Gasteiger partial charge in [0.05, 0.1) is 0 Å². The van der Waals surface area contributed by atoms with Crippen molar-refractivity contribution in [1.29, 1.82) is 0 Å². The minimum Gasteiger partial charge on any atom is -0.356 e. The summed E-state index contributed by atoms with van der Waals surface area (Å²) in [5, 5.41) is 0. The lowest BCUT2D eigenvalue weighted by Gasteiger charge is -2.27. The number of anilines is 1. The van der Waals surface area contributed by atoms with Crippen LogP contribution < -0.4 is 4.90 Å². The molecule has 1 amide bonds. The first-order chi connectivity index (χ1) is 12.8. The van der Waals surface area contributed by atoms with Gasteiger partial charge in [0.25, 0.3) is 0 Å². The van der Waals surface area contributed by atoms with Crippen LogP contribution in [0.5, 0.6) is 0 Å². The van der Waals surface area contributed by atoms with Crippen molar-refractivity contribution in [3.05, 3.63) is 18.1 Å². The molecule has 0 bridgehead atoms. The van der Waals surface area contributed by atoms with Gasteiger partial charge < -0.3 is 14.7 Å². The maximum absolute atomic E-state index is 11.8. The molecule has 1 aromatic rings. The number of aromatic nitrogens is 2. The summed E-state index contributed by atoms with van der Waals surface area (Å²) in [5.74, 6) is 3.63. The van der Waals surface area contributed by atoms with E-state index in [0.717, 1.165) is 63.2 Å². The Bertz CT molecular complexity index is 662. The van der Waals surface area contributed by atoms with Crippen LogP contribution in [0.1, 0.15) is 43.7 Å². The van der Waals surface area contributed by atoms with Crippen molar-refractivity contribution in [2.24, 2.45) is 11.8 Å². The number of carbonyl (C=O) groups is 1. The molecule has 4 aliphatic rings. The number of nitrogens with zero attached hydrogens (tertiary/aromatic N) is 5. The molecule has 1 saturated carbocycles. The molecule has 6 nitrogen and oxygen atoms in total. The minimum absolute atomic E-state index is 0.349. The second-order valence-corrected chi connectivity index (χ2v) is 8.60. The molecule has 4 fully saturated rings. The summed E-state index contributed by atoms with van der Waals surface area (Å²) in [6.07, 6.45) is 7.47. The normalized spacial score (nSPS) is 29.5. The second kappa shape index (κ2) is 6.80. The molecule has 1 aromatic heterocycles. The van der Waals surface area contributed by atoms with Gasteiger partial charge in [-0.3, -0.25) is 4.79 Å². The second-order valence-electron chi connectivity index (χ2n) is 8.60. The SMILES string of the molecule is O=C1CCCN1CCN1CC2CN(c3cc(C4CCC4)ncn3)CC2C1. The zero-order valence-corrected chi connectivity index (χ0v) is 15.5. The van der Waals surface area contributed by atoms with Crippen LogP contribution in [-0.4, -0.2) is 71.5 Å². The molecule has 0 aromatic carbocycles. The van der Waals surface area contributed by atoms with E-state index in [1.165, 1.54) is 38.0 Å². The topological polar surface area (TPSA) is 52.6 Å². The van der Waals surface area contributed by atoms with Gasteiger partial charge >= 0.3 is 0 Å². The van der Waals surface area contributed by atoms with Crippen molar-refractivity contribution < 1.29 is 4.79 Å². The number of rotatable bonds is 5. The summed E-state index contributed by atoms with van der Waals surface area (Å²) in [7, 11) is 0. The van der Waals surface area contributed by atoms with Crippen LogP contribution in [0.15, 0.2) is 12.4 Å². The Kier molecular flexibility index (Phi) is 4.31. The summed E-state index contributed by atoms with van der Waals surface area (Å²) >= 11 is 0. The Morgan fingerprint density at radius 3 is 2.46 bits per heavy atom. The van der Waals surface area contributed by atoms with E-state index in [4.69, 9.17) is 0 Å². The lowest BCUT2D eigenvalue weighted by atomic mass is 9.83. The van der Waals surface area contributed by atoms with E-state index in [1.54, 1.807) is 6.33 Å². The van der Waals surface area contributed by atoms with Crippen molar-refractivity contribution in [3.8, 4) is 0 Å². The molecule has 3 aliphatic heterocycles. The quantitative estimate of drug-likeness (QED) is 0.805. The molecule has 4 heterocycles. The third-order valence-corrected chi connectivity index (χ3v) is 6.94. The first-order valence-electron chi connectivity index (χ1n) is 10.3. The highest BCUT2D eigenvalue weighted by molar-refractivity contribution is 5.78. The summed E-state index contributed by atoms with van der Waals surface area (Å²) in [5.41, 5.74) is 1.25. The van der Waals surface area contributed by atoms with E-state index in [0.29, 0.717) is 11.8 Å². The highest BCUT2D eigenvalue weighted by Crippen LogP contribution is 2.37. The van der Waals surface area contributed by atoms with Crippen LogP contribution in [0.25, 0.3) is 0 Å². The Labute approximate surface area is 155 Å². The van der Waals surface area contributed by atoms with E-state index in [9.17, 15) is 4.79 Å². The van der Waals surface area contributed by atoms with Crippen LogP contribution >= 0.6 is 0 Å². The first kappa shape index (κ1) is 16.5. The van der Waals surface area contributed by atoms with Crippen molar-refractivity contribution in [2.45, 2.75) is 38.0 Å². The molecule has 26 heavy (non-hydrogen) atoms. The largest absolute Gasteiger partial charge is 0.356 e. The fourth-order valence-electron chi connectivity index (χ4n) is 5.12. The fraction of sp³-hybridized carbons (Fsp3) is 0.750. The average Bonchev–Trinajstić information content (AvgIpc) is 3.26. The Morgan fingerprint density at radius 1 is 1.00 bits per heavy atom. The molecule has 140 valence electrons. The van der Waals surface area contributed by atoms with Gasteiger partial charge in [-0.15, -0.1) is 0 Å². The van der Waals surface area contributed by atoms with Crippen LogP contribution in [0.3, 0.4) is 0 Å². The third-order valence-electron chi connectivity index (χ3n) is 6.94. The fourth-order valence-corrected chi connectivity index (χ4v) is 5.12. The number of amides is 1. The molecule has 0 spiro atoms. The third kappa shape index (κ3) is 3.08. The van der Waals surface area contributed by atoms with Gasteiger partial charge in [-0.25, -0.2) is 9.97 Å². The lowest BCUT2D eigenvalue weighted by Crippen LogP contribution is -2.36. The zero-order valence-electron chi connectivity index (χ0n) is 15.5. The average molecular weight is 355 g/mol. The van der Waals surface area contributed by atoms with Crippen molar-refractivity contribution in [3.63, 3.8) is 0 Å². The Morgan fingerprint density at radius 2 is 1.81 bits per heavy atom. The maximum Gasteiger partial charge on any atom is 0.222 e. The molecule has 2 unspecified atom stereocenters. The van der Waals surface area contributed by atoms with Crippen LogP contribution in [0.4, 0.5) is 5.82 Å². The molecule has 2 atom stereocenters. The monoisotopic (exact) mass is 355 g/mol. The standard InChI is InChI=1S/C20H29N5O/c26-20-5-2-6-24(20)8-7-23-10-16-12-25(13-17(16)11-23)19-9-18(21-14-22-19)15-3-1-4-15/h9,14-17H,1-8,10-13H2. The van der Waals surface area contributed by atoms with Crippen LogP contribution in [0.2, 0.25) is 0 Å². The Balaban J connectivity index is 1.15. The molecule has 3 saturated heterocycles. The molecule has 5 rings (SSSR count). The van der Waals surface area contributed by atoms with Crippen LogP contribution in [-0.2, 0) is 4.79 Å². The van der Waals surface area contributed by atoms with E-state index in [2.05, 4.69) is 25.8 Å². The van der Waals surface area contributed by atoms with E-state index in [1.807, 2.05) is 4.90 Å². The number of carbonyl (C=O) groups excluding carboxylic acids is 1. The van der Waals surface area contributed by atoms with E-state index in [-0.39, 0.29) is 0 Å². The molecule has 0 N–H and O–H groups in total. The van der Waals surface area contributed by atoms with Crippen molar-refractivity contribution in [2.75, 3.05) is 50.7 Å². The summed E-state index contributed by atoms with van der Waals surface area (Å²) in [6, 6.07) is 2.24. The van der Waals surface area contributed by atoms with E-state index >= 15 is 0 Å². The molecular weight excluding hydrogens is 326 g/mol. The molecule has 1 aliphatic carbocycles. The summed E-state index contributed by atoms with van der Waals surface area (Å²) < 4.78 is 0. The van der Waals surface area contributed by atoms with Gasteiger partial charge in [-0.1, -0.05) is 6.42 Å². The minimum atomic E-state index is 0.349. The molecule has 0 radical (unpaired) electrons. The van der Waals surface area contributed by atoms with Crippen molar-refractivity contribution in [1.82, 2.24) is 19.8 Å². The van der Waals surface area contributed by atoms with Gasteiger partial charge in [-0.05, 0) is 31.1 Å². The van der Waals surface area contributed by atoms with E-state index < -0.39 is 0 Å².